The Morgan fingerprint density at radius 2 is 1.85 bits per heavy atom. The van der Waals surface area contributed by atoms with Crippen LogP contribution in [0.4, 0.5) is 0 Å². The molecular formula is C25H31N5O3S. The van der Waals surface area contributed by atoms with Crippen molar-refractivity contribution in [3.8, 4) is 22.8 Å². The van der Waals surface area contributed by atoms with Gasteiger partial charge in [-0.1, -0.05) is 54.2 Å². The van der Waals surface area contributed by atoms with Crippen molar-refractivity contribution in [3.63, 3.8) is 0 Å². The summed E-state index contributed by atoms with van der Waals surface area (Å²) in [6, 6.07) is 17.8. The number of amides is 1. The maximum atomic E-state index is 12.2. The van der Waals surface area contributed by atoms with Gasteiger partial charge in [-0.05, 0) is 18.6 Å². The Balaban J connectivity index is 1.35. The van der Waals surface area contributed by atoms with E-state index >= 15 is 0 Å². The molecule has 2 heterocycles. The van der Waals surface area contributed by atoms with Crippen molar-refractivity contribution in [3.05, 3.63) is 54.6 Å². The highest BCUT2D eigenvalue weighted by atomic mass is 32.2. The third-order valence-corrected chi connectivity index (χ3v) is 6.64. The highest BCUT2D eigenvalue weighted by Gasteiger charge is 2.19. The second kappa shape index (κ2) is 12.5. The number of thioether (sulfide) groups is 1. The maximum Gasteiger partial charge on any atom is 0.220 e. The van der Waals surface area contributed by atoms with Crippen molar-refractivity contribution >= 4 is 17.7 Å². The van der Waals surface area contributed by atoms with Gasteiger partial charge in [0.05, 0.1) is 26.0 Å². The van der Waals surface area contributed by atoms with Gasteiger partial charge in [-0.3, -0.25) is 14.3 Å². The molecule has 1 saturated heterocycles. The van der Waals surface area contributed by atoms with Crippen LogP contribution in [0.5, 0.6) is 5.75 Å². The second-order valence-electron chi connectivity index (χ2n) is 7.94. The van der Waals surface area contributed by atoms with E-state index in [-0.39, 0.29) is 5.91 Å². The van der Waals surface area contributed by atoms with Crippen LogP contribution in [0, 0.1) is 0 Å². The van der Waals surface area contributed by atoms with Crippen molar-refractivity contribution < 1.29 is 14.3 Å². The molecule has 3 aromatic rings. The topological polar surface area (TPSA) is 81.5 Å². The molecule has 0 atom stereocenters. The van der Waals surface area contributed by atoms with Crippen LogP contribution in [-0.4, -0.2) is 77.8 Å². The molecule has 180 valence electrons. The summed E-state index contributed by atoms with van der Waals surface area (Å²) in [5, 5.41) is 12.7. The van der Waals surface area contributed by atoms with Crippen LogP contribution in [0.2, 0.25) is 0 Å². The molecule has 4 rings (SSSR count). The van der Waals surface area contributed by atoms with Crippen LogP contribution in [0.15, 0.2) is 59.8 Å². The quantitative estimate of drug-likeness (QED) is 0.333. The van der Waals surface area contributed by atoms with E-state index < -0.39 is 0 Å². The molecule has 1 aliphatic heterocycles. The summed E-state index contributed by atoms with van der Waals surface area (Å²) in [7, 11) is 1.66. The van der Waals surface area contributed by atoms with Gasteiger partial charge in [0.25, 0.3) is 0 Å². The molecule has 0 bridgehead atoms. The summed E-state index contributed by atoms with van der Waals surface area (Å²) >= 11 is 1.60. The lowest BCUT2D eigenvalue weighted by Crippen LogP contribution is -2.41. The Hall–Kier alpha value is -2.88. The van der Waals surface area contributed by atoms with Gasteiger partial charge in [0, 0.05) is 43.9 Å². The standard InChI is InChI=1S/C25H31N5O3S/c1-32-22-11-6-5-10-21(22)30-24(20-8-3-2-4-9-20)27-28-25(30)34-19-7-12-23(31)26-13-14-29-15-17-33-18-16-29/h2-6,8-11H,7,12-19H2,1H3,(H,26,31). The highest BCUT2D eigenvalue weighted by Crippen LogP contribution is 2.32. The lowest BCUT2D eigenvalue weighted by atomic mass is 10.2. The van der Waals surface area contributed by atoms with Crippen LogP contribution in [-0.2, 0) is 9.53 Å². The van der Waals surface area contributed by atoms with Crippen LogP contribution >= 0.6 is 11.8 Å². The van der Waals surface area contributed by atoms with E-state index in [4.69, 9.17) is 9.47 Å². The number of rotatable bonds is 11. The van der Waals surface area contributed by atoms with Gasteiger partial charge < -0.3 is 14.8 Å². The molecule has 1 fully saturated rings. The molecule has 0 radical (unpaired) electrons. The number of carbonyl (C=O) groups excluding carboxylic acids is 1. The molecule has 2 aromatic carbocycles. The minimum atomic E-state index is 0.0880. The van der Waals surface area contributed by atoms with Gasteiger partial charge in [-0.2, -0.15) is 0 Å². The predicted molar refractivity (Wildman–Crippen MR) is 134 cm³/mol. The molecule has 0 unspecified atom stereocenters. The molecule has 1 N–H and O–H groups in total. The number of hydrogen-bond donors (Lipinski definition) is 1. The normalized spacial score (nSPS) is 14.1. The largest absolute Gasteiger partial charge is 0.495 e. The minimum Gasteiger partial charge on any atom is -0.495 e. The van der Waals surface area contributed by atoms with E-state index in [1.807, 2.05) is 59.2 Å². The van der Waals surface area contributed by atoms with Crippen LogP contribution < -0.4 is 10.1 Å². The summed E-state index contributed by atoms with van der Waals surface area (Å²) in [4.78, 5) is 14.6. The predicted octanol–water partition coefficient (Wildman–Crippen LogP) is 3.26. The van der Waals surface area contributed by atoms with Gasteiger partial charge in [0.2, 0.25) is 5.91 Å². The van der Waals surface area contributed by atoms with Gasteiger partial charge >= 0.3 is 0 Å². The number of morpholine rings is 1. The lowest BCUT2D eigenvalue weighted by molar-refractivity contribution is -0.121. The maximum absolute atomic E-state index is 12.2. The summed E-state index contributed by atoms with van der Waals surface area (Å²) < 4.78 is 13.0. The first-order chi connectivity index (χ1) is 16.8. The molecule has 34 heavy (non-hydrogen) atoms. The first-order valence-corrected chi connectivity index (χ1v) is 12.6. The number of hydrogen-bond acceptors (Lipinski definition) is 7. The summed E-state index contributed by atoms with van der Waals surface area (Å²) in [6.45, 7) is 4.96. The second-order valence-corrected chi connectivity index (χ2v) is 9.00. The van der Waals surface area contributed by atoms with Crippen molar-refractivity contribution in [2.24, 2.45) is 0 Å². The van der Waals surface area contributed by atoms with Crippen molar-refractivity contribution in [2.45, 2.75) is 18.0 Å². The Morgan fingerprint density at radius 1 is 1.09 bits per heavy atom. The lowest BCUT2D eigenvalue weighted by Gasteiger charge is -2.26. The van der Waals surface area contributed by atoms with Crippen LogP contribution in [0.3, 0.4) is 0 Å². The number of ether oxygens (including phenoxy) is 2. The van der Waals surface area contributed by atoms with Crippen molar-refractivity contribution in [1.82, 2.24) is 25.0 Å². The monoisotopic (exact) mass is 481 g/mol. The summed E-state index contributed by atoms with van der Waals surface area (Å²) in [5.41, 5.74) is 1.87. The third-order valence-electron chi connectivity index (χ3n) is 5.62. The fourth-order valence-electron chi connectivity index (χ4n) is 3.83. The van der Waals surface area contributed by atoms with Gasteiger partial charge in [0.15, 0.2) is 11.0 Å². The van der Waals surface area contributed by atoms with Gasteiger partial charge in [0.1, 0.15) is 5.75 Å². The van der Waals surface area contributed by atoms with Crippen LogP contribution in [0.1, 0.15) is 12.8 Å². The van der Waals surface area contributed by atoms with E-state index in [0.29, 0.717) is 13.0 Å². The number of nitrogens with one attached hydrogen (secondary N) is 1. The molecule has 0 saturated carbocycles. The van der Waals surface area contributed by atoms with E-state index in [1.54, 1.807) is 18.9 Å². The zero-order chi connectivity index (χ0) is 23.6. The molecule has 1 amide bonds. The number of benzene rings is 2. The van der Waals surface area contributed by atoms with E-state index in [9.17, 15) is 4.79 Å². The molecule has 1 aromatic heterocycles. The Kier molecular flexibility index (Phi) is 8.95. The highest BCUT2D eigenvalue weighted by molar-refractivity contribution is 7.99. The van der Waals surface area contributed by atoms with E-state index in [1.165, 1.54) is 0 Å². The molecule has 9 heteroatoms. The number of aromatic nitrogens is 3. The number of carbonyl (C=O) groups is 1. The molecule has 1 aliphatic rings. The molecule has 0 aliphatic carbocycles. The molecule has 0 spiro atoms. The van der Waals surface area contributed by atoms with E-state index in [2.05, 4.69) is 20.4 Å². The summed E-state index contributed by atoms with van der Waals surface area (Å²) in [5.74, 6) is 2.36. The van der Waals surface area contributed by atoms with E-state index in [0.717, 1.165) is 73.0 Å². The van der Waals surface area contributed by atoms with Gasteiger partial charge in [-0.25, -0.2) is 0 Å². The number of methoxy groups -OCH3 is 1. The van der Waals surface area contributed by atoms with Gasteiger partial charge in [-0.15, -0.1) is 10.2 Å². The zero-order valence-electron chi connectivity index (χ0n) is 19.5. The summed E-state index contributed by atoms with van der Waals surface area (Å²) in [6.07, 6.45) is 1.25. The average Bonchev–Trinajstić information content (AvgIpc) is 3.31. The average molecular weight is 482 g/mol. The first-order valence-electron chi connectivity index (χ1n) is 11.6. The number of nitrogens with zero attached hydrogens (tertiary/aromatic N) is 4. The fraction of sp³-hybridized carbons (Fsp3) is 0.400. The SMILES string of the molecule is COc1ccccc1-n1c(SCCCC(=O)NCCN2CCOCC2)nnc1-c1ccccc1. The third kappa shape index (κ3) is 6.37. The minimum absolute atomic E-state index is 0.0880. The van der Waals surface area contributed by atoms with Crippen molar-refractivity contribution in [2.75, 3.05) is 52.3 Å². The molecular weight excluding hydrogens is 450 g/mol. The Bertz CT molecular complexity index is 1050. The Morgan fingerprint density at radius 3 is 2.65 bits per heavy atom. The molecule has 8 nitrogen and oxygen atoms in total. The number of para-hydroxylation sites is 2. The smallest absolute Gasteiger partial charge is 0.220 e. The van der Waals surface area contributed by atoms with Crippen LogP contribution in [0.25, 0.3) is 17.1 Å². The van der Waals surface area contributed by atoms with Crippen molar-refractivity contribution in [1.29, 1.82) is 0 Å². The Labute approximate surface area is 204 Å². The fourth-order valence-corrected chi connectivity index (χ4v) is 4.72. The first kappa shape index (κ1) is 24.3. The zero-order valence-corrected chi connectivity index (χ0v) is 20.3.